The quantitative estimate of drug-likeness (QED) is 0.0649. The van der Waals surface area contributed by atoms with Crippen molar-refractivity contribution >= 4 is 56.2 Å². The average Bonchev–Trinajstić information content (AvgIpc) is 3.28. The number of halogens is 1. The van der Waals surface area contributed by atoms with Crippen LogP contribution in [0.25, 0.3) is 0 Å². The third-order valence-electron chi connectivity index (χ3n) is 5.41. The van der Waals surface area contributed by atoms with Crippen molar-refractivity contribution in [2.75, 3.05) is 13.7 Å². The SMILES string of the molecule is COP(=O)(Br)OC(C)=C(C(=O)OCc1ccc([N+](=O)[O-])cc1)N1C(=O)C2N=C(COc3ccccc3)SC21. The molecule has 0 aromatic heterocycles. The molecule has 2 aromatic rings. The van der Waals surface area contributed by atoms with Crippen molar-refractivity contribution in [3.63, 3.8) is 0 Å². The topological polar surface area (TPSA) is 147 Å². The molecule has 3 atom stereocenters. The van der Waals surface area contributed by atoms with Gasteiger partial charge in [0.05, 0.1) is 20.4 Å². The van der Waals surface area contributed by atoms with Gasteiger partial charge in [0.2, 0.25) is 0 Å². The fraction of sp³-hybridized carbons (Fsp3) is 0.261. The van der Waals surface area contributed by atoms with Crippen LogP contribution < -0.4 is 4.74 Å². The summed E-state index contributed by atoms with van der Waals surface area (Å²) in [7, 11) is 1.15. The number of hydrogen-bond acceptors (Lipinski definition) is 11. The number of carbonyl (C=O) groups excluding carboxylic acids is 2. The molecule has 1 fully saturated rings. The lowest BCUT2D eigenvalue weighted by Gasteiger charge is -2.41. The van der Waals surface area contributed by atoms with Crippen LogP contribution >= 0.6 is 33.5 Å². The van der Waals surface area contributed by atoms with E-state index in [1.54, 1.807) is 12.1 Å². The number of likely N-dealkylation sites (tertiary alicyclic amines) is 1. The molecule has 2 aliphatic rings. The van der Waals surface area contributed by atoms with E-state index in [0.29, 0.717) is 16.4 Å². The van der Waals surface area contributed by atoms with E-state index in [4.69, 9.17) is 18.5 Å². The molecule has 1 amide bonds. The number of nitro benzene ring substituents is 1. The molecule has 3 unspecified atom stereocenters. The zero-order valence-electron chi connectivity index (χ0n) is 20.0. The van der Waals surface area contributed by atoms with E-state index >= 15 is 0 Å². The second kappa shape index (κ2) is 11.7. The summed E-state index contributed by atoms with van der Waals surface area (Å²) in [6.45, 7) is 1.26. The molecule has 15 heteroatoms. The van der Waals surface area contributed by atoms with E-state index in [0.717, 1.165) is 7.11 Å². The van der Waals surface area contributed by atoms with Crippen LogP contribution in [0.1, 0.15) is 12.5 Å². The molecular weight excluding hydrogens is 605 g/mol. The number of non-ortho nitro benzene ring substituents is 1. The number of thioether (sulfide) groups is 1. The van der Waals surface area contributed by atoms with Gasteiger partial charge in [-0.25, -0.2) is 9.36 Å². The Labute approximate surface area is 229 Å². The molecule has 0 spiro atoms. The molecule has 2 aliphatic heterocycles. The Morgan fingerprint density at radius 3 is 2.50 bits per heavy atom. The second-order valence-corrected chi connectivity index (χ2v) is 13.1. The highest BCUT2D eigenvalue weighted by atomic mass is 79.9. The van der Waals surface area contributed by atoms with E-state index in [9.17, 15) is 24.3 Å². The minimum atomic E-state index is -3.76. The van der Waals surface area contributed by atoms with E-state index in [-0.39, 0.29) is 30.4 Å². The van der Waals surface area contributed by atoms with Gasteiger partial charge in [-0.05, 0) is 36.8 Å². The first-order valence-corrected chi connectivity index (χ1v) is 15.4. The number of hydrogen-bond donors (Lipinski definition) is 0. The Morgan fingerprint density at radius 2 is 1.87 bits per heavy atom. The van der Waals surface area contributed by atoms with Crippen LogP contribution in [0.4, 0.5) is 5.69 Å². The zero-order valence-corrected chi connectivity index (χ0v) is 23.3. The van der Waals surface area contributed by atoms with Crippen LogP contribution in [0.2, 0.25) is 0 Å². The third-order valence-corrected chi connectivity index (χ3v) is 8.85. The van der Waals surface area contributed by atoms with Crippen LogP contribution in [-0.2, 0) is 34.5 Å². The molecule has 0 bridgehead atoms. The molecular formula is C23H21BrN3O9PS. The molecule has 12 nitrogen and oxygen atoms in total. The molecule has 4 rings (SSSR count). The number of nitro groups is 1. The summed E-state index contributed by atoms with van der Waals surface area (Å²) < 4.78 is 33.6. The zero-order chi connectivity index (χ0) is 27.4. The molecule has 0 aliphatic carbocycles. The highest BCUT2D eigenvalue weighted by Gasteiger charge is 2.56. The first kappa shape index (κ1) is 27.8. The van der Waals surface area contributed by atoms with Crippen molar-refractivity contribution in [3.8, 4) is 5.75 Å². The number of amides is 1. The van der Waals surface area contributed by atoms with Crippen molar-refractivity contribution in [1.82, 2.24) is 4.90 Å². The summed E-state index contributed by atoms with van der Waals surface area (Å²) in [5.74, 6) is -0.914. The number of esters is 1. The van der Waals surface area contributed by atoms with Crippen molar-refractivity contribution in [2.24, 2.45) is 4.99 Å². The Morgan fingerprint density at radius 1 is 1.18 bits per heavy atom. The summed E-state index contributed by atoms with van der Waals surface area (Å²) >= 11 is 4.08. The van der Waals surface area contributed by atoms with Gasteiger partial charge in [-0.1, -0.05) is 30.0 Å². The smallest absolute Gasteiger partial charge is 0.446 e. The van der Waals surface area contributed by atoms with Gasteiger partial charge in [0.15, 0.2) is 11.7 Å². The Hall–Kier alpha value is -3.19. The maximum Gasteiger partial charge on any atom is 0.446 e. The Balaban J connectivity index is 1.50. The van der Waals surface area contributed by atoms with Crippen molar-refractivity contribution in [3.05, 3.63) is 81.7 Å². The highest BCUT2D eigenvalue weighted by Crippen LogP contribution is 2.57. The van der Waals surface area contributed by atoms with Crippen molar-refractivity contribution in [1.29, 1.82) is 0 Å². The van der Waals surface area contributed by atoms with Crippen LogP contribution in [-0.4, -0.2) is 51.9 Å². The lowest BCUT2D eigenvalue weighted by molar-refractivity contribution is -0.384. The second-order valence-electron chi connectivity index (χ2n) is 7.90. The minimum Gasteiger partial charge on any atom is -0.487 e. The van der Waals surface area contributed by atoms with Gasteiger partial charge in [0.1, 0.15) is 35.1 Å². The molecule has 2 heterocycles. The number of allylic oxidation sites excluding steroid dienone is 1. The number of aliphatic imine (C=N–C) groups is 1. The van der Waals surface area contributed by atoms with E-state index in [2.05, 4.69) is 20.5 Å². The van der Waals surface area contributed by atoms with Gasteiger partial charge < -0.3 is 14.0 Å². The maximum absolute atomic E-state index is 13.2. The van der Waals surface area contributed by atoms with Crippen LogP contribution in [0, 0.1) is 10.1 Å². The fourth-order valence-corrected chi connectivity index (χ4v) is 5.91. The van der Waals surface area contributed by atoms with Gasteiger partial charge in [-0.3, -0.25) is 29.3 Å². The third kappa shape index (κ3) is 6.26. The average molecular weight is 626 g/mol. The molecule has 0 N–H and O–H groups in total. The summed E-state index contributed by atoms with van der Waals surface area (Å²) in [5.41, 5.74) is 0.111. The van der Waals surface area contributed by atoms with Crippen LogP contribution in [0.5, 0.6) is 5.75 Å². The molecule has 0 saturated carbocycles. The monoisotopic (exact) mass is 625 g/mol. The number of para-hydroxylation sites is 1. The number of β-lactam (4-membered cyclic amide) rings is 1. The largest absolute Gasteiger partial charge is 0.487 e. The van der Waals surface area contributed by atoms with Crippen LogP contribution in [0.15, 0.2) is 71.0 Å². The first-order valence-electron chi connectivity index (χ1n) is 11.0. The lowest BCUT2D eigenvalue weighted by atomic mass is 10.1. The molecule has 0 radical (unpaired) electrons. The normalized spacial score (nSPS) is 20.3. The Bertz CT molecular complexity index is 1350. The molecule has 200 valence electrons. The van der Waals surface area contributed by atoms with Crippen molar-refractivity contribution in [2.45, 2.75) is 24.9 Å². The lowest BCUT2D eigenvalue weighted by Crippen LogP contribution is -2.61. The number of rotatable bonds is 11. The molecule has 38 heavy (non-hydrogen) atoms. The first-order chi connectivity index (χ1) is 18.1. The number of nitrogens with zero attached hydrogens (tertiary/aromatic N) is 3. The van der Waals surface area contributed by atoms with Gasteiger partial charge in [0.25, 0.3) is 11.6 Å². The molecule has 1 saturated heterocycles. The number of carbonyl (C=O) groups is 2. The van der Waals surface area contributed by atoms with Crippen molar-refractivity contribution < 1.29 is 37.6 Å². The van der Waals surface area contributed by atoms with Gasteiger partial charge in [-0.2, -0.15) is 0 Å². The summed E-state index contributed by atoms with van der Waals surface area (Å²) in [6, 6.07) is 13.8. The van der Waals surface area contributed by atoms with Gasteiger partial charge in [-0.15, -0.1) is 0 Å². The van der Waals surface area contributed by atoms with E-state index in [1.165, 1.54) is 47.9 Å². The molecule has 2 aromatic carbocycles. The standard InChI is InChI=1S/C23H21BrN3O9PS/c1-14(36-37(24,32)33-2)20(23(29)35-12-15-8-10-16(11-9-15)27(30)31)26-21(28)19-22(26)38-18(25-19)13-34-17-6-4-3-5-7-17/h3-11,19,22H,12-13H2,1-2H3. The predicted octanol–water partition coefficient (Wildman–Crippen LogP) is 4.80. The fourth-order valence-electron chi connectivity index (χ4n) is 3.57. The number of ether oxygens (including phenoxy) is 2. The number of fused-ring (bicyclic) bond motifs is 1. The number of benzene rings is 2. The predicted molar refractivity (Wildman–Crippen MR) is 142 cm³/mol. The van der Waals surface area contributed by atoms with E-state index < -0.39 is 34.5 Å². The van der Waals surface area contributed by atoms with Crippen LogP contribution in [0.3, 0.4) is 0 Å². The maximum atomic E-state index is 13.2. The minimum absolute atomic E-state index is 0.111. The van der Waals surface area contributed by atoms with Gasteiger partial charge in [0, 0.05) is 19.2 Å². The Kier molecular flexibility index (Phi) is 8.56. The summed E-state index contributed by atoms with van der Waals surface area (Å²) in [6.07, 6.45) is -3.76. The van der Waals surface area contributed by atoms with E-state index in [1.807, 2.05) is 18.2 Å². The highest BCUT2D eigenvalue weighted by molar-refractivity contribution is 9.39. The summed E-state index contributed by atoms with van der Waals surface area (Å²) in [4.78, 5) is 42.1. The summed E-state index contributed by atoms with van der Waals surface area (Å²) in [5, 5.41) is 10.9. The van der Waals surface area contributed by atoms with Gasteiger partial charge >= 0.3 is 12.3 Å².